The summed E-state index contributed by atoms with van der Waals surface area (Å²) in [7, 11) is 0. The normalized spacial score (nSPS) is 21.9. The number of anilines is 1. The number of hydrogen-bond acceptors (Lipinski definition) is 2. The van der Waals surface area contributed by atoms with E-state index in [9.17, 15) is 14.7 Å². The van der Waals surface area contributed by atoms with Gasteiger partial charge in [-0.3, -0.25) is 9.59 Å². The summed E-state index contributed by atoms with van der Waals surface area (Å²) >= 11 is 3.49. The molecule has 2 N–H and O–H groups in total. The Hall–Kier alpha value is -1.36. The van der Waals surface area contributed by atoms with Crippen molar-refractivity contribution in [1.29, 1.82) is 0 Å². The zero-order chi connectivity index (χ0) is 15.6. The van der Waals surface area contributed by atoms with Crippen LogP contribution in [0.4, 0.5) is 5.69 Å². The van der Waals surface area contributed by atoms with Crippen molar-refractivity contribution in [3.8, 4) is 0 Å². The number of carbonyl (C=O) groups excluding carboxylic acids is 1. The van der Waals surface area contributed by atoms with E-state index in [1.54, 1.807) is 0 Å². The lowest BCUT2D eigenvalue weighted by molar-refractivity contribution is -0.147. The molecule has 0 aliphatic heterocycles. The zero-order valence-electron chi connectivity index (χ0n) is 12.3. The van der Waals surface area contributed by atoms with Crippen LogP contribution < -0.4 is 5.32 Å². The molecule has 1 aromatic rings. The van der Waals surface area contributed by atoms with Crippen molar-refractivity contribution in [3.63, 3.8) is 0 Å². The van der Waals surface area contributed by atoms with Gasteiger partial charge in [0.05, 0.1) is 11.8 Å². The first-order valence-corrected chi connectivity index (χ1v) is 8.00. The topological polar surface area (TPSA) is 66.4 Å². The van der Waals surface area contributed by atoms with Gasteiger partial charge in [0, 0.05) is 10.2 Å². The standard InChI is InChI=1S/C16H20BrNO3/c1-9-7-11(8-10(2)14(9)17)18-15(19)12-5-3-4-6-13(12)16(20)21/h7-8,12-13H,3-6H2,1-2H3,(H,18,19)(H,20,21). The maximum atomic E-state index is 12.4. The molecule has 1 aliphatic rings. The van der Waals surface area contributed by atoms with E-state index in [0.29, 0.717) is 12.8 Å². The number of amides is 1. The van der Waals surface area contributed by atoms with Gasteiger partial charge >= 0.3 is 5.97 Å². The fourth-order valence-corrected chi connectivity index (χ4v) is 3.22. The van der Waals surface area contributed by atoms with Gasteiger partial charge in [0.15, 0.2) is 0 Å². The number of benzene rings is 1. The van der Waals surface area contributed by atoms with Crippen molar-refractivity contribution >= 4 is 33.5 Å². The summed E-state index contributed by atoms with van der Waals surface area (Å²) in [5.41, 5.74) is 2.82. The molecular weight excluding hydrogens is 334 g/mol. The van der Waals surface area contributed by atoms with Crippen LogP contribution in [0.5, 0.6) is 0 Å². The molecular formula is C16H20BrNO3. The summed E-state index contributed by atoms with van der Waals surface area (Å²) in [5.74, 6) is -2.03. The SMILES string of the molecule is Cc1cc(NC(=O)C2CCCCC2C(=O)O)cc(C)c1Br. The van der Waals surface area contributed by atoms with Gasteiger partial charge < -0.3 is 10.4 Å². The highest BCUT2D eigenvalue weighted by atomic mass is 79.9. The zero-order valence-corrected chi connectivity index (χ0v) is 13.9. The smallest absolute Gasteiger partial charge is 0.307 e. The molecule has 1 aromatic carbocycles. The van der Waals surface area contributed by atoms with Crippen LogP contribution in [0.25, 0.3) is 0 Å². The van der Waals surface area contributed by atoms with E-state index >= 15 is 0 Å². The second-order valence-electron chi connectivity index (χ2n) is 5.75. The number of rotatable bonds is 3. The number of hydrogen-bond donors (Lipinski definition) is 2. The monoisotopic (exact) mass is 353 g/mol. The molecule has 1 aliphatic carbocycles. The van der Waals surface area contributed by atoms with Gasteiger partial charge in [-0.2, -0.15) is 0 Å². The van der Waals surface area contributed by atoms with Crippen molar-refractivity contribution in [2.45, 2.75) is 39.5 Å². The number of carboxylic acids is 1. The Morgan fingerprint density at radius 1 is 1.14 bits per heavy atom. The van der Waals surface area contributed by atoms with Gasteiger partial charge in [-0.05, 0) is 49.9 Å². The number of nitrogens with one attached hydrogen (secondary N) is 1. The Kier molecular flexibility index (Phi) is 5.04. The average Bonchev–Trinajstić information content (AvgIpc) is 2.44. The van der Waals surface area contributed by atoms with E-state index in [0.717, 1.165) is 34.1 Å². The number of aliphatic carboxylic acids is 1. The van der Waals surface area contributed by atoms with Gasteiger partial charge in [0.25, 0.3) is 0 Å². The maximum absolute atomic E-state index is 12.4. The minimum Gasteiger partial charge on any atom is -0.481 e. The molecule has 114 valence electrons. The highest BCUT2D eigenvalue weighted by Gasteiger charge is 2.35. The average molecular weight is 354 g/mol. The predicted molar refractivity (Wildman–Crippen MR) is 85.3 cm³/mol. The lowest BCUT2D eigenvalue weighted by Crippen LogP contribution is -2.36. The molecule has 1 saturated carbocycles. The van der Waals surface area contributed by atoms with Crippen LogP contribution in [0.3, 0.4) is 0 Å². The molecule has 2 rings (SSSR count). The van der Waals surface area contributed by atoms with Crippen LogP contribution in [-0.2, 0) is 9.59 Å². The van der Waals surface area contributed by atoms with Crippen LogP contribution >= 0.6 is 15.9 Å². The Balaban J connectivity index is 2.15. The minimum absolute atomic E-state index is 0.178. The molecule has 1 amide bonds. The summed E-state index contributed by atoms with van der Waals surface area (Å²) in [6, 6.07) is 3.79. The summed E-state index contributed by atoms with van der Waals surface area (Å²) in [5, 5.41) is 12.1. The van der Waals surface area contributed by atoms with Gasteiger partial charge in [-0.15, -0.1) is 0 Å². The van der Waals surface area contributed by atoms with Gasteiger partial charge in [0.2, 0.25) is 5.91 Å². The number of aryl methyl sites for hydroxylation is 2. The summed E-state index contributed by atoms with van der Waals surface area (Å²) in [6.07, 6.45) is 3.04. The van der Waals surface area contributed by atoms with Crippen molar-refractivity contribution in [2.24, 2.45) is 11.8 Å². The maximum Gasteiger partial charge on any atom is 0.307 e. The van der Waals surface area contributed by atoms with Gasteiger partial charge in [0.1, 0.15) is 0 Å². The van der Waals surface area contributed by atoms with Crippen LogP contribution in [0.1, 0.15) is 36.8 Å². The summed E-state index contributed by atoms with van der Waals surface area (Å²) in [6.45, 7) is 3.93. The predicted octanol–water partition coefficient (Wildman–Crippen LogP) is 3.90. The fraction of sp³-hybridized carbons (Fsp3) is 0.500. The molecule has 21 heavy (non-hydrogen) atoms. The Morgan fingerprint density at radius 3 is 2.19 bits per heavy atom. The summed E-state index contributed by atoms with van der Waals surface area (Å²) < 4.78 is 1.03. The van der Waals surface area contributed by atoms with Gasteiger partial charge in [-0.25, -0.2) is 0 Å². The van der Waals surface area contributed by atoms with E-state index < -0.39 is 17.8 Å². The first-order chi connectivity index (χ1) is 9.90. The Bertz CT molecular complexity index is 548. The van der Waals surface area contributed by atoms with Crippen molar-refractivity contribution in [2.75, 3.05) is 5.32 Å². The lowest BCUT2D eigenvalue weighted by atomic mass is 9.78. The second kappa shape index (κ2) is 6.60. The molecule has 0 spiro atoms. The van der Waals surface area contributed by atoms with Crippen LogP contribution in [0, 0.1) is 25.7 Å². The number of carbonyl (C=O) groups is 2. The molecule has 0 radical (unpaired) electrons. The van der Waals surface area contributed by atoms with Crippen molar-refractivity contribution in [3.05, 3.63) is 27.7 Å². The molecule has 5 heteroatoms. The second-order valence-corrected chi connectivity index (χ2v) is 6.54. The van der Waals surface area contributed by atoms with Crippen LogP contribution in [0.15, 0.2) is 16.6 Å². The molecule has 2 atom stereocenters. The summed E-state index contributed by atoms with van der Waals surface area (Å²) in [4.78, 5) is 23.7. The van der Waals surface area contributed by atoms with Crippen LogP contribution in [-0.4, -0.2) is 17.0 Å². The minimum atomic E-state index is -0.863. The third kappa shape index (κ3) is 3.64. The molecule has 2 unspecified atom stereocenters. The van der Waals surface area contributed by atoms with Crippen LogP contribution in [0.2, 0.25) is 0 Å². The van der Waals surface area contributed by atoms with Gasteiger partial charge in [-0.1, -0.05) is 28.8 Å². The molecule has 0 bridgehead atoms. The third-order valence-corrected chi connectivity index (χ3v) is 5.37. The van der Waals surface area contributed by atoms with E-state index in [4.69, 9.17) is 0 Å². The largest absolute Gasteiger partial charge is 0.481 e. The lowest BCUT2D eigenvalue weighted by Gasteiger charge is -2.27. The quantitative estimate of drug-likeness (QED) is 0.865. The molecule has 0 saturated heterocycles. The van der Waals surface area contributed by atoms with E-state index in [2.05, 4.69) is 21.2 Å². The Morgan fingerprint density at radius 2 is 1.67 bits per heavy atom. The molecule has 0 heterocycles. The van der Waals surface area contributed by atoms with Crippen molar-refractivity contribution < 1.29 is 14.7 Å². The highest BCUT2D eigenvalue weighted by Crippen LogP contribution is 2.32. The number of carboxylic acid groups (broad SMARTS) is 1. The molecule has 4 nitrogen and oxygen atoms in total. The third-order valence-electron chi connectivity index (χ3n) is 4.12. The van der Waals surface area contributed by atoms with Crippen molar-refractivity contribution in [1.82, 2.24) is 0 Å². The fourth-order valence-electron chi connectivity index (χ4n) is 2.99. The molecule has 0 aromatic heterocycles. The van der Waals surface area contributed by atoms with E-state index in [-0.39, 0.29) is 5.91 Å². The number of halogens is 1. The van der Waals surface area contributed by atoms with E-state index in [1.807, 2.05) is 26.0 Å². The highest BCUT2D eigenvalue weighted by molar-refractivity contribution is 9.10. The first kappa shape index (κ1) is 16.0. The Labute approximate surface area is 133 Å². The molecule has 1 fully saturated rings. The van der Waals surface area contributed by atoms with E-state index in [1.165, 1.54) is 0 Å². The first-order valence-electron chi connectivity index (χ1n) is 7.20.